The van der Waals surface area contributed by atoms with E-state index in [4.69, 9.17) is 16.3 Å². The third-order valence-electron chi connectivity index (χ3n) is 5.53. The van der Waals surface area contributed by atoms with E-state index in [1.807, 2.05) is 5.38 Å². The van der Waals surface area contributed by atoms with Crippen LogP contribution in [-0.2, 0) is 4.74 Å². The molecular weight excluding hydrogens is 550 g/mol. The molecule has 34 heavy (non-hydrogen) atoms. The average molecular weight is 569 g/mol. The fraction of sp³-hybridized carbons (Fsp3) is 0.350. The van der Waals surface area contributed by atoms with Crippen LogP contribution in [0.25, 0.3) is 17.1 Å². The lowest BCUT2D eigenvalue weighted by atomic mass is 9.92. The maximum Gasteiger partial charge on any atom is 0.164 e. The SMILES string of the molecule is Cc1nc([C@@H]2OC(CO)[C@H](O)[C@H](n3cc(-c4cscn4)nn3)C2O)n(-c2cc(Cl)ccc2Br)n1. The van der Waals surface area contributed by atoms with Gasteiger partial charge in [0.05, 0.1) is 24.0 Å². The molecule has 4 heterocycles. The number of rotatable bonds is 5. The second kappa shape index (κ2) is 9.41. The van der Waals surface area contributed by atoms with Gasteiger partial charge in [-0.05, 0) is 41.1 Å². The Labute approximate surface area is 210 Å². The number of aryl methyl sites for hydroxylation is 1. The third kappa shape index (κ3) is 4.17. The summed E-state index contributed by atoms with van der Waals surface area (Å²) in [4.78, 5) is 8.70. The first-order valence-electron chi connectivity index (χ1n) is 10.2. The van der Waals surface area contributed by atoms with Crippen molar-refractivity contribution in [3.8, 4) is 17.1 Å². The monoisotopic (exact) mass is 567 g/mol. The van der Waals surface area contributed by atoms with Gasteiger partial charge in [-0.1, -0.05) is 16.8 Å². The number of hydrogen-bond acceptors (Lipinski definition) is 10. The minimum atomic E-state index is -1.30. The van der Waals surface area contributed by atoms with Gasteiger partial charge in [-0.2, -0.15) is 5.10 Å². The van der Waals surface area contributed by atoms with Gasteiger partial charge in [0.25, 0.3) is 0 Å². The van der Waals surface area contributed by atoms with Gasteiger partial charge in [-0.3, -0.25) is 0 Å². The van der Waals surface area contributed by atoms with Crippen LogP contribution in [0, 0.1) is 6.92 Å². The summed E-state index contributed by atoms with van der Waals surface area (Å²) in [6.07, 6.45) is -3.05. The molecular formula is C20H19BrClN7O4S. The second-order valence-corrected chi connectivity index (χ2v) is 9.74. The van der Waals surface area contributed by atoms with Gasteiger partial charge >= 0.3 is 0 Å². The quantitative estimate of drug-likeness (QED) is 0.330. The largest absolute Gasteiger partial charge is 0.394 e. The molecule has 3 N–H and O–H groups in total. The van der Waals surface area contributed by atoms with E-state index in [-0.39, 0.29) is 5.82 Å². The van der Waals surface area contributed by atoms with Crippen LogP contribution >= 0.6 is 38.9 Å². The standard InChI is InChI=1S/C20H19BrClN7O4S/c1-9-24-20(29(26-9)14-4-10(22)2-3-11(14)21)19-18(32)16(17(31)15(6-30)33-19)28-5-12(25-27-28)13-7-34-8-23-13/h2-5,7-8,15-19,30-32H,6H2,1H3/t15?,16-,17-,18?,19+/m0/s1. The predicted octanol–water partition coefficient (Wildman–Crippen LogP) is 2.10. The van der Waals surface area contributed by atoms with Crippen molar-refractivity contribution >= 4 is 38.9 Å². The van der Waals surface area contributed by atoms with Crippen molar-refractivity contribution in [1.82, 2.24) is 34.7 Å². The highest BCUT2D eigenvalue weighted by atomic mass is 79.9. The minimum absolute atomic E-state index is 0.281. The Balaban J connectivity index is 1.56. The molecule has 2 unspecified atom stereocenters. The molecule has 0 amide bonds. The summed E-state index contributed by atoms with van der Waals surface area (Å²) >= 11 is 11.1. The van der Waals surface area contributed by atoms with Crippen LogP contribution in [0.15, 0.2) is 39.8 Å². The van der Waals surface area contributed by atoms with E-state index in [2.05, 4.69) is 41.3 Å². The summed E-state index contributed by atoms with van der Waals surface area (Å²) in [5.74, 6) is 0.718. The van der Waals surface area contributed by atoms with Crippen molar-refractivity contribution in [3.05, 3.63) is 56.4 Å². The molecule has 1 fully saturated rings. The number of nitrogens with zero attached hydrogens (tertiary/aromatic N) is 7. The Morgan fingerprint density at radius 3 is 2.79 bits per heavy atom. The number of aromatic nitrogens is 7. The Hall–Kier alpha value is -2.26. The molecule has 0 radical (unpaired) electrons. The Morgan fingerprint density at radius 2 is 2.06 bits per heavy atom. The van der Waals surface area contributed by atoms with Crippen molar-refractivity contribution in [2.75, 3.05) is 6.61 Å². The van der Waals surface area contributed by atoms with E-state index < -0.39 is 37.1 Å². The lowest BCUT2D eigenvalue weighted by molar-refractivity contribution is -0.210. The fourth-order valence-electron chi connectivity index (χ4n) is 3.95. The topological polar surface area (TPSA) is 144 Å². The fourth-order valence-corrected chi connectivity index (χ4v) is 5.07. The molecule has 14 heteroatoms. The Morgan fingerprint density at radius 1 is 1.24 bits per heavy atom. The van der Waals surface area contributed by atoms with E-state index >= 15 is 0 Å². The minimum Gasteiger partial charge on any atom is -0.394 e. The first-order valence-corrected chi connectivity index (χ1v) is 12.3. The van der Waals surface area contributed by atoms with E-state index in [0.29, 0.717) is 32.4 Å². The van der Waals surface area contributed by atoms with Crippen molar-refractivity contribution in [1.29, 1.82) is 0 Å². The molecule has 0 spiro atoms. The number of thiazole rings is 1. The molecule has 5 atom stereocenters. The molecule has 5 rings (SSSR count). The van der Waals surface area contributed by atoms with Crippen LogP contribution in [0.2, 0.25) is 5.02 Å². The molecule has 178 valence electrons. The Kier molecular flexibility index (Phi) is 6.50. The first-order chi connectivity index (χ1) is 16.4. The highest BCUT2D eigenvalue weighted by Gasteiger charge is 2.48. The van der Waals surface area contributed by atoms with Gasteiger partial charge in [-0.15, -0.1) is 16.4 Å². The van der Waals surface area contributed by atoms with Gasteiger partial charge in [0.15, 0.2) is 5.82 Å². The number of hydrogen-bond donors (Lipinski definition) is 3. The van der Waals surface area contributed by atoms with Crippen molar-refractivity contribution in [2.45, 2.75) is 37.4 Å². The first kappa shape index (κ1) is 23.5. The Bertz CT molecular complexity index is 1300. The predicted molar refractivity (Wildman–Crippen MR) is 126 cm³/mol. The normalized spacial score (nSPS) is 25.1. The van der Waals surface area contributed by atoms with Crippen LogP contribution in [0.1, 0.15) is 23.8 Å². The maximum absolute atomic E-state index is 11.4. The lowest BCUT2D eigenvalue weighted by Gasteiger charge is -2.41. The van der Waals surface area contributed by atoms with Crippen molar-refractivity contribution in [3.63, 3.8) is 0 Å². The van der Waals surface area contributed by atoms with E-state index in [0.717, 1.165) is 0 Å². The van der Waals surface area contributed by atoms with Crippen molar-refractivity contribution in [2.24, 2.45) is 0 Å². The zero-order valence-corrected chi connectivity index (χ0v) is 20.8. The summed E-state index contributed by atoms with van der Waals surface area (Å²) in [5, 5.41) is 47.2. The molecule has 0 saturated carbocycles. The molecule has 11 nitrogen and oxygen atoms in total. The van der Waals surface area contributed by atoms with Crippen LogP contribution < -0.4 is 0 Å². The van der Waals surface area contributed by atoms with Crippen LogP contribution in [0.3, 0.4) is 0 Å². The molecule has 0 aliphatic carbocycles. The highest BCUT2D eigenvalue weighted by molar-refractivity contribution is 9.10. The molecule has 1 aliphatic heterocycles. The summed E-state index contributed by atoms with van der Waals surface area (Å²) < 4.78 is 9.51. The zero-order chi connectivity index (χ0) is 24.0. The van der Waals surface area contributed by atoms with E-state index in [1.165, 1.54) is 20.7 Å². The third-order valence-corrected chi connectivity index (χ3v) is 7.02. The van der Waals surface area contributed by atoms with Crippen molar-refractivity contribution < 1.29 is 20.1 Å². The molecule has 3 aromatic heterocycles. The average Bonchev–Trinajstić information content (AvgIpc) is 3.57. The second-order valence-electron chi connectivity index (χ2n) is 7.73. The van der Waals surface area contributed by atoms with Gasteiger partial charge in [0, 0.05) is 14.9 Å². The lowest BCUT2D eigenvalue weighted by Crippen LogP contribution is -2.53. The summed E-state index contributed by atoms with van der Waals surface area (Å²) in [7, 11) is 0. The highest BCUT2D eigenvalue weighted by Crippen LogP contribution is 2.39. The molecule has 1 aliphatic rings. The number of halogens is 2. The number of aliphatic hydroxyl groups excluding tert-OH is 3. The van der Waals surface area contributed by atoms with Gasteiger partial charge in [0.2, 0.25) is 0 Å². The summed E-state index contributed by atoms with van der Waals surface area (Å²) in [5.41, 5.74) is 3.39. The van der Waals surface area contributed by atoms with E-state index in [9.17, 15) is 15.3 Å². The van der Waals surface area contributed by atoms with Crippen LogP contribution in [0.4, 0.5) is 0 Å². The summed E-state index contributed by atoms with van der Waals surface area (Å²) in [6.45, 7) is 1.23. The van der Waals surface area contributed by atoms with E-state index in [1.54, 1.807) is 36.8 Å². The van der Waals surface area contributed by atoms with Gasteiger partial charge in [0.1, 0.15) is 47.7 Å². The van der Waals surface area contributed by atoms with Crippen LogP contribution in [-0.4, -0.2) is 75.0 Å². The van der Waals surface area contributed by atoms with Gasteiger partial charge < -0.3 is 20.1 Å². The zero-order valence-electron chi connectivity index (χ0n) is 17.6. The number of ether oxygens (including phenoxy) is 1. The molecule has 4 aromatic rings. The van der Waals surface area contributed by atoms with Crippen LogP contribution in [0.5, 0.6) is 0 Å². The smallest absolute Gasteiger partial charge is 0.164 e. The number of aliphatic hydroxyl groups is 3. The molecule has 1 saturated heterocycles. The summed E-state index contributed by atoms with van der Waals surface area (Å²) in [6, 6.07) is 4.22. The molecule has 0 bridgehead atoms. The number of benzene rings is 1. The maximum atomic E-state index is 11.4. The van der Waals surface area contributed by atoms with Gasteiger partial charge in [-0.25, -0.2) is 19.3 Å². The molecule has 1 aromatic carbocycles.